The first kappa shape index (κ1) is 11.6. The van der Waals surface area contributed by atoms with E-state index in [0.717, 1.165) is 19.6 Å². The smallest absolute Gasteiger partial charge is 0.0343 e. The van der Waals surface area contributed by atoms with E-state index in [1.54, 1.807) is 0 Å². The van der Waals surface area contributed by atoms with Crippen LogP contribution in [0.3, 0.4) is 0 Å². The number of hydrogen-bond donors (Lipinski definition) is 1. The van der Waals surface area contributed by atoms with E-state index in [4.69, 9.17) is 0 Å². The van der Waals surface area contributed by atoms with Crippen LogP contribution < -0.4 is 5.32 Å². The molecule has 0 amide bonds. The van der Waals surface area contributed by atoms with Gasteiger partial charge in [0.1, 0.15) is 0 Å². The lowest BCUT2D eigenvalue weighted by atomic mass is 10.1. The fraction of sp³-hybridized carbons (Fsp3) is 0.636. The van der Waals surface area contributed by atoms with Gasteiger partial charge in [-0.15, -0.1) is 11.3 Å². The summed E-state index contributed by atoms with van der Waals surface area (Å²) >= 11 is 5.43. The zero-order valence-electron chi connectivity index (χ0n) is 9.16. The Morgan fingerprint density at radius 2 is 2.40 bits per heavy atom. The molecule has 1 aliphatic rings. The van der Waals surface area contributed by atoms with E-state index in [2.05, 4.69) is 51.4 Å². The van der Waals surface area contributed by atoms with E-state index in [-0.39, 0.29) is 0 Å². The summed E-state index contributed by atoms with van der Waals surface area (Å²) in [6.07, 6.45) is 0. The second-order valence-electron chi connectivity index (χ2n) is 4.15. The molecule has 4 heteroatoms. The first-order valence-corrected chi connectivity index (χ1v) is 7.05. The molecule has 0 spiro atoms. The van der Waals surface area contributed by atoms with Gasteiger partial charge in [0.2, 0.25) is 0 Å². The molecule has 1 N–H and O–H groups in total. The lowest BCUT2D eigenvalue weighted by Gasteiger charge is -2.38. The predicted octanol–water partition coefficient (Wildman–Crippen LogP) is 2.69. The number of halogens is 1. The largest absolute Gasteiger partial charge is 0.311 e. The molecule has 1 fully saturated rings. The van der Waals surface area contributed by atoms with Gasteiger partial charge < -0.3 is 5.32 Å². The zero-order chi connectivity index (χ0) is 10.8. The van der Waals surface area contributed by atoms with Crippen molar-refractivity contribution in [2.45, 2.75) is 32.5 Å². The van der Waals surface area contributed by atoms with Crippen LogP contribution in [0.15, 0.2) is 15.9 Å². The normalized spacial score (nSPS) is 28.2. The minimum atomic E-state index is 0.595. The molecule has 2 nitrogen and oxygen atoms in total. The Morgan fingerprint density at radius 1 is 1.60 bits per heavy atom. The molecular formula is C11H17BrN2S. The van der Waals surface area contributed by atoms with Crippen LogP contribution in [0.1, 0.15) is 18.7 Å². The van der Waals surface area contributed by atoms with Crippen molar-refractivity contribution >= 4 is 27.3 Å². The fourth-order valence-electron chi connectivity index (χ4n) is 1.97. The summed E-state index contributed by atoms with van der Waals surface area (Å²) in [4.78, 5) is 3.99. The Balaban J connectivity index is 2.02. The quantitative estimate of drug-likeness (QED) is 0.900. The van der Waals surface area contributed by atoms with Crippen LogP contribution >= 0.6 is 27.3 Å². The second-order valence-corrected chi connectivity index (χ2v) is 6.00. The van der Waals surface area contributed by atoms with E-state index < -0.39 is 0 Å². The van der Waals surface area contributed by atoms with Crippen molar-refractivity contribution in [2.24, 2.45) is 0 Å². The van der Waals surface area contributed by atoms with Crippen LogP contribution in [0.5, 0.6) is 0 Å². The van der Waals surface area contributed by atoms with Crippen LogP contribution in [-0.2, 0) is 6.54 Å². The van der Waals surface area contributed by atoms with Gasteiger partial charge in [0.25, 0.3) is 0 Å². The fourth-order valence-corrected chi connectivity index (χ4v) is 3.47. The van der Waals surface area contributed by atoms with Crippen LogP contribution in [0.2, 0.25) is 0 Å². The highest BCUT2D eigenvalue weighted by Gasteiger charge is 2.24. The third-order valence-corrected chi connectivity index (χ3v) is 5.11. The molecule has 0 saturated carbocycles. The summed E-state index contributed by atoms with van der Waals surface area (Å²) < 4.78 is 1.26. The lowest BCUT2D eigenvalue weighted by molar-refractivity contribution is 0.132. The molecule has 0 aromatic carbocycles. The van der Waals surface area contributed by atoms with E-state index in [9.17, 15) is 0 Å². The molecule has 15 heavy (non-hydrogen) atoms. The van der Waals surface area contributed by atoms with Gasteiger partial charge in [0.05, 0.1) is 0 Å². The van der Waals surface area contributed by atoms with Crippen molar-refractivity contribution in [2.75, 3.05) is 13.1 Å². The minimum Gasteiger partial charge on any atom is -0.311 e. The van der Waals surface area contributed by atoms with Crippen LogP contribution in [0, 0.1) is 0 Å². The number of nitrogens with one attached hydrogen (secondary N) is 1. The van der Waals surface area contributed by atoms with Crippen molar-refractivity contribution < 1.29 is 0 Å². The number of nitrogens with zero attached hydrogens (tertiary/aromatic N) is 1. The molecule has 84 valence electrons. The number of rotatable bonds is 2. The maximum Gasteiger partial charge on any atom is 0.0343 e. The molecule has 1 aromatic heterocycles. The first-order valence-electron chi connectivity index (χ1n) is 5.38. The summed E-state index contributed by atoms with van der Waals surface area (Å²) in [5.41, 5.74) is 0. The van der Waals surface area contributed by atoms with Gasteiger partial charge in [-0.3, -0.25) is 4.90 Å². The molecule has 1 aliphatic heterocycles. The summed E-state index contributed by atoms with van der Waals surface area (Å²) in [6.45, 7) is 7.90. The van der Waals surface area contributed by atoms with Gasteiger partial charge in [-0.1, -0.05) is 0 Å². The van der Waals surface area contributed by atoms with Gasteiger partial charge >= 0.3 is 0 Å². The number of piperazine rings is 1. The SMILES string of the molecule is CC1NCCN(Cc2sccc2Br)C1C. The Morgan fingerprint density at radius 3 is 3.07 bits per heavy atom. The number of thiophene rings is 1. The summed E-state index contributed by atoms with van der Waals surface area (Å²) in [7, 11) is 0. The highest BCUT2D eigenvalue weighted by Crippen LogP contribution is 2.25. The molecule has 1 aromatic rings. The Labute approximate surface area is 104 Å². The van der Waals surface area contributed by atoms with E-state index in [1.165, 1.54) is 9.35 Å². The third-order valence-electron chi connectivity index (χ3n) is 3.20. The van der Waals surface area contributed by atoms with Gasteiger partial charge in [-0.05, 0) is 41.2 Å². The van der Waals surface area contributed by atoms with Crippen LogP contribution in [0.25, 0.3) is 0 Å². The molecule has 1 saturated heterocycles. The molecule has 0 aliphatic carbocycles. The minimum absolute atomic E-state index is 0.595. The van der Waals surface area contributed by atoms with Crippen molar-refractivity contribution in [3.05, 3.63) is 20.8 Å². The maximum atomic E-state index is 3.60. The highest BCUT2D eigenvalue weighted by molar-refractivity contribution is 9.10. The van der Waals surface area contributed by atoms with Crippen molar-refractivity contribution in [1.82, 2.24) is 10.2 Å². The lowest BCUT2D eigenvalue weighted by Crippen LogP contribution is -2.54. The van der Waals surface area contributed by atoms with Gasteiger partial charge in [-0.2, -0.15) is 0 Å². The predicted molar refractivity (Wildman–Crippen MR) is 69.4 cm³/mol. The average molecular weight is 289 g/mol. The van der Waals surface area contributed by atoms with E-state index >= 15 is 0 Å². The van der Waals surface area contributed by atoms with E-state index in [1.807, 2.05) is 11.3 Å². The third kappa shape index (κ3) is 2.61. The van der Waals surface area contributed by atoms with Gasteiger partial charge in [-0.25, -0.2) is 0 Å². The standard InChI is InChI=1S/C11H17BrN2S/c1-8-9(2)14(5-4-13-8)7-11-10(12)3-6-15-11/h3,6,8-9,13H,4-5,7H2,1-2H3. The molecule has 2 rings (SSSR count). The van der Waals surface area contributed by atoms with Gasteiger partial charge in [0, 0.05) is 41.1 Å². The number of hydrogen-bond acceptors (Lipinski definition) is 3. The van der Waals surface area contributed by atoms with Crippen molar-refractivity contribution in [3.8, 4) is 0 Å². The molecule has 2 atom stereocenters. The summed E-state index contributed by atoms with van der Waals surface area (Å²) in [5.74, 6) is 0. The Bertz CT molecular complexity index is 326. The molecule has 0 bridgehead atoms. The summed E-state index contributed by atoms with van der Waals surface area (Å²) in [6, 6.07) is 3.35. The van der Waals surface area contributed by atoms with Crippen LogP contribution in [0.4, 0.5) is 0 Å². The molecule has 0 radical (unpaired) electrons. The van der Waals surface area contributed by atoms with Gasteiger partial charge in [0.15, 0.2) is 0 Å². The van der Waals surface area contributed by atoms with Crippen molar-refractivity contribution in [1.29, 1.82) is 0 Å². The molecule has 2 heterocycles. The Kier molecular flexibility index (Phi) is 3.83. The topological polar surface area (TPSA) is 15.3 Å². The monoisotopic (exact) mass is 288 g/mol. The molecule has 2 unspecified atom stereocenters. The maximum absolute atomic E-state index is 3.60. The zero-order valence-corrected chi connectivity index (χ0v) is 11.6. The average Bonchev–Trinajstić information content (AvgIpc) is 2.60. The van der Waals surface area contributed by atoms with E-state index in [0.29, 0.717) is 12.1 Å². The second kappa shape index (κ2) is 4.95. The van der Waals surface area contributed by atoms with Crippen LogP contribution in [-0.4, -0.2) is 30.1 Å². The summed E-state index contributed by atoms with van der Waals surface area (Å²) in [5, 5.41) is 5.65. The highest BCUT2D eigenvalue weighted by atomic mass is 79.9. The first-order chi connectivity index (χ1) is 7.18. The Hall–Kier alpha value is 0.100. The van der Waals surface area contributed by atoms with Crippen molar-refractivity contribution in [3.63, 3.8) is 0 Å². The molecular weight excluding hydrogens is 272 g/mol.